The molecule has 1 aromatic carbocycles. The molecule has 12 heteroatoms. The van der Waals surface area contributed by atoms with Gasteiger partial charge in [0.15, 0.2) is 5.75 Å². The summed E-state index contributed by atoms with van der Waals surface area (Å²) in [6, 6.07) is 2.53. The van der Waals surface area contributed by atoms with Crippen LogP contribution >= 0.6 is 0 Å². The third-order valence-corrected chi connectivity index (χ3v) is 2.18. The highest BCUT2D eigenvalue weighted by atomic mass is 19.4. The maximum Gasteiger partial charge on any atom is 0.434 e. The summed E-state index contributed by atoms with van der Waals surface area (Å²) in [4.78, 5) is 9.54. The highest BCUT2D eigenvalue weighted by molar-refractivity contribution is 5.67. The van der Waals surface area contributed by atoms with Gasteiger partial charge in [0.25, 0.3) is 6.10 Å². The predicted molar refractivity (Wildman–Crippen MR) is 57.4 cm³/mol. The number of para-hydroxylation sites is 1. The van der Waals surface area contributed by atoms with Crippen LogP contribution in [0.25, 0.3) is 0 Å². The molecule has 118 valence electrons. The largest absolute Gasteiger partial charge is 0.464 e. The average molecular weight is 319 g/mol. The number of hydrogen-bond donors (Lipinski definition) is 2. The fourth-order valence-corrected chi connectivity index (χ4v) is 1.37. The number of nitrogens with one attached hydrogen (secondary N) is 1. The van der Waals surface area contributed by atoms with Crippen LogP contribution in [0.3, 0.4) is 0 Å². The Hall–Kier alpha value is -2.24. The molecule has 0 bridgehead atoms. The molecular formula is C9H7F6N3O3. The topological polar surface area (TPSA) is 90.4 Å². The second kappa shape index (κ2) is 5.63. The van der Waals surface area contributed by atoms with E-state index < -0.39 is 40.5 Å². The van der Waals surface area contributed by atoms with E-state index in [1.54, 1.807) is 5.43 Å². The highest BCUT2D eigenvalue weighted by Gasteiger charge is 2.59. The normalized spacial score (nSPS) is 12.4. The minimum absolute atomic E-state index is 0.499. The van der Waals surface area contributed by atoms with Gasteiger partial charge in [-0.25, -0.2) is 0 Å². The number of ether oxygens (including phenoxy) is 1. The number of anilines is 1. The number of nitrogens with two attached hydrogens (primary N) is 1. The van der Waals surface area contributed by atoms with Crippen LogP contribution in [0.2, 0.25) is 0 Å². The summed E-state index contributed by atoms with van der Waals surface area (Å²) in [5, 5.41) is 10.7. The molecule has 1 rings (SSSR count). The minimum atomic E-state index is -5.79. The summed E-state index contributed by atoms with van der Waals surface area (Å²) in [6.07, 6.45) is -15.8. The Balaban J connectivity index is 3.31. The van der Waals surface area contributed by atoms with Gasteiger partial charge in [0, 0.05) is 0 Å². The molecule has 0 radical (unpaired) electrons. The van der Waals surface area contributed by atoms with Gasteiger partial charge in [-0.1, -0.05) is 6.07 Å². The first-order chi connectivity index (χ1) is 9.48. The summed E-state index contributed by atoms with van der Waals surface area (Å²) in [5.74, 6) is 3.69. The molecule has 0 aliphatic heterocycles. The summed E-state index contributed by atoms with van der Waals surface area (Å²) in [6.45, 7) is 0. The van der Waals surface area contributed by atoms with Crippen LogP contribution in [-0.4, -0.2) is 23.4 Å². The molecular weight excluding hydrogens is 312 g/mol. The van der Waals surface area contributed by atoms with Gasteiger partial charge in [-0.05, 0) is 12.1 Å². The van der Waals surface area contributed by atoms with Crippen LogP contribution in [-0.2, 0) is 0 Å². The molecule has 0 aliphatic rings. The molecule has 0 aliphatic carbocycles. The number of nitrogens with zero attached hydrogens (tertiary/aromatic N) is 1. The van der Waals surface area contributed by atoms with Crippen LogP contribution in [0.4, 0.5) is 37.7 Å². The molecule has 0 saturated carbocycles. The predicted octanol–water partition coefficient (Wildman–Crippen LogP) is 2.75. The summed E-state index contributed by atoms with van der Waals surface area (Å²) < 4.78 is 78.0. The molecule has 3 N–H and O–H groups in total. The summed E-state index contributed by atoms with van der Waals surface area (Å²) >= 11 is 0. The van der Waals surface area contributed by atoms with Crippen molar-refractivity contribution in [2.45, 2.75) is 18.5 Å². The maximum atomic E-state index is 12.4. The standard InChI is InChI=1S/C9H7F6N3O3/c10-8(11,12)7(9(13,14)15)21-5-3-1-2-4(17-16)6(5)18(19)20/h1-3,7,17H,16H2. The smallest absolute Gasteiger partial charge is 0.434 e. The molecule has 0 saturated heterocycles. The van der Waals surface area contributed by atoms with Gasteiger partial charge < -0.3 is 10.2 Å². The fourth-order valence-electron chi connectivity index (χ4n) is 1.37. The molecule has 0 aromatic heterocycles. The molecule has 0 spiro atoms. The van der Waals surface area contributed by atoms with E-state index in [-0.39, 0.29) is 0 Å². The van der Waals surface area contributed by atoms with Crippen molar-refractivity contribution in [3.05, 3.63) is 28.3 Å². The van der Waals surface area contributed by atoms with Crippen molar-refractivity contribution in [3.8, 4) is 5.75 Å². The molecule has 6 nitrogen and oxygen atoms in total. The lowest BCUT2D eigenvalue weighted by Crippen LogP contribution is -2.46. The van der Waals surface area contributed by atoms with Crippen molar-refractivity contribution in [2.75, 3.05) is 5.43 Å². The monoisotopic (exact) mass is 319 g/mol. The summed E-state index contributed by atoms with van der Waals surface area (Å²) in [5.41, 5.74) is 0.144. The number of nitro benzene ring substituents is 1. The number of hydrazine groups is 1. The quantitative estimate of drug-likeness (QED) is 0.385. The van der Waals surface area contributed by atoms with E-state index in [1.807, 2.05) is 0 Å². The van der Waals surface area contributed by atoms with E-state index >= 15 is 0 Å². The number of rotatable bonds is 4. The van der Waals surface area contributed by atoms with Crippen molar-refractivity contribution in [2.24, 2.45) is 5.84 Å². The van der Waals surface area contributed by atoms with E-state index in [1.165, 1.54) is 0 Å². The van der Waals surface area contributed by atoms with E-state index in [4.69, 9.17) is 5.84 Å². The van der Waals surface area contributed by atoms with Crippen molar-refractivity contribution in [1.82, 2.24) is 0 Å². The van der Waals surface area contributed by atoms with E-state index in [0.717, 1.165) is 12.1 Å². The number of nitrogen functional groups attached to an aromatic ring is 1. The fraction of sp³-hybridized carbons (Fsp3) is 0.333. The Morgan fingerprint density at radius 1 is 1.19 bits per heavy atom. The van der Waals surface area contributed by atoms with Crippen LogP contribution in [0.15, 0.2) is 18.2 Å². The molecule has 1 aromatic rings. The molecule has 0 heterocycles. The summed E-state index contributed by atoms with van der Waals surface area (Å²) in [7, 11) is 0. The second-order valence-electron chi connectivity index (χ2n) is 3.63. The minimum Gasteiger partial charge on any atom is -0.464 e. The lowest BCUT2D eigenvalue weighted by Gasteiger charge is -2.23. The number of benzene rings is 1. The molecule has 0 unspecified atom stereocenters. The molecule has 0 fully saturated rings. The molecule has 0 atom stereocenters. The van der Waals surface area contributed by atoms with Crippen LogP contribution in [0, 0.1) is 10.1 Å². The van der Waals surface area contributed by atoms with Crippen LogP contribution in [0.1, 0.15) is 0 Å². The Labute approximate surface area is 112 Å². The zero-order chi connectivity index (χ0) is 16.4. The first-order valence-electron chi connectivity index (χ1n) is 5.02. The van der Waals surface area contributed by atoms with E-state index in [2.05, 4.69) is 4.74 Å². The zero-order valence-electron chi connectivity index (χ0n) is 9.83. The third-order valence-electron chi connectivity index (χ3n) is 2.18. The number of halogens is 6. The number of alkyl halides is 6. The first-order valence-corrected chi connectivity index (χ1v) is 5.02. The van der Waals surface area contributed by atoms with Crippen molar-refractivity contribution in [3.63, 3.8) is 0 Å². The SMILES string of the molecule is NNc1cccc(OC(C(F)(F)F)C(F)(F)F)c1[N+](=O)[O-]. The van der Waals surface area contributed by atoms with Crippen molar-refractivity contribution >= 4 is 11.4 Å². The number of hydrogen-bond acceptors (Lipinski definition) is 5. The number of nitro groups is 1. The van der Waals surface area contributed by atoms with Gasteiger partial charge in [-0.2, -0.15) is 26.3 Å². The first kappa shape index (κ1) is 16.8. The van der Waals surface area contributed by atoms with Gasteiger partial charge in [-0.3, -0.25) is 16.0 Å². The molecule has 0 amide bonds. The zero-order valence-corrected chi connectivity index (χ0v) is 9.83. The lowest BCUT2D eigenvalue weighted by molar-refractivity contribution is -0.386. The van der Waals surface area contributed by atoms with Gasteiger partial charge in [0.2, 0.25) is 0 Å². The molecule has 21 heavy (non-hydrogen) atoms. The van der Waals surface area contributed by atoms with Crippen molar-refractivity contribution in [1.29, 1.82) is 0 Å². The van der Waals surface area contributed by atoms with Gasteiger partial charge in [0.05, 0.1) is 4.92 Å². The Bertz CT molecular complexity index is 516. The van der Waals surface area contributed by atoms with E-state index in [0.29, 0.717) is 6.07 Å². The third kappa shape index (κ3) is 3.87. The Morgan fingerprint density at radius 2 is 1.71 bits per heavy atom. The Kier molecular flexibility index (Phi) is 4.51. The van der Waals surface area contributed by atoms with Gasteiger partial charge in [-0.15, -0.1) is 0 Å². The maximum absolute atomic E-state index is 12.4. The van der Waals surface area contributed by atoms with Gasteiger partial charge in [0.1, 0.15) is 5.69 Å². The second-order valence-corrected chi connectivity index (χ2v) is 3.63. The highest BCUT2D eigenvalue weighted by Crippen LogP contribution is 2.41. The van der Waals surface area contributed by atoms with Crippen LogP contribution < -0.4 is 16.0 Å². The van der Waals surface area contributed by atoms with E-state index in [9.17, 15) is 36.5 Å². The van der Waals surface area contributed by atoms with Crippen LogP contribution in [0.5, 0.6) is 5.75 Å². The average Bonchev–Trinajstić information content (AvgIpc) is 2.32. The lowest BCUT2D eigenvalue weighted by atomic mass is 10.2. The van der Waals surface area contributed by atoms with Crippen molar-refractivity contribution < 1.29 is 36.0 Å². The Morgan fingerprint density at radius 3 is 2.10 bits per heavy atom. The van der Waals surface area contributed by atoms with Gasteiger partial charge >= 0.3 is 18.0 Å².